The van der Waals surface area contributed by atoms with Crippen LogP contribution in [-0.4, -0.2) is 39.9 Å². The molecule has 0 bridgehead atoms. The molecule has 1 aliphatic rings. The van der Waals surface area contributed by atoms with Crippen molar-refractivity contribution in [1.29, 1.82) is 0 Å². The Kier molecular flexibility index (Phi) is 5.03. The molecule has 1 fully saturated rings. The number of aryl methyl sites for hydroxylation is 2. The van der Waals surface area contributed by atoms with E-state index < -0.39 is 0 Å². The third kappa shape index (κ3) is 3.87. The summed E-state index contributed by atoms with van der Waals surface area (Å²) in [7, 11) is 1.89. The molecule has 0 spiro atoms. The minimum Gasteiger partial charge on any atom is -0.348 e. The second kappa shape index (κ2) is 7.21. The van der Waals surface area contributed by atoms with Crippen LogP contribution in [0.5, 0.6) is 0 Å². The van der Waals surface area contributed by atoms with Crippen molar-refractivity contribution in [2.24, 2.45) is 7.05 Å². The van der Waals surface area contributed by atoms with Crippen LogP contribution in [0.15, 0.2) is 17.8 Å². The molecule has 7 nitrogen and oxygen atoms in total. The second-order valence-electron chi connectivity index (χ2n) is 6.26. The number of thiazole rings is 1. The summed E-state index contributed by atoms with van der Waals surface area (Å²) in [5.74, 6) is 0. The van der Waals surface area contributed by atoms with Gasteiger partial charge in [-0.2, -0.15) is 5.10 Å². The van der Waals surface area contributed by atoms with Crippen molar-refractivity contribution in [3.63, 3.8) is 0 Å². The van der Waals surface area contributed by atoms with Crippen LogP contribution in [0.25, 0.3) is 0 Å². The largest absolute Gasteiger partial charge is 0.348 e. The lowest BCUT2D eigenvalue weighted by atomic mass is 10.1. The van der Waals surface area contributed by atoms with Gasteiger partial charge in [-0.25, -0.2) is 9.78 Å². The lowest BCUT2D eigenvalue weighted by Gasteiger charge is -2.32. The van der Waals surface area contributed by atoms with Crippen molar-refractivity contribution in [3.05, 3.63) is 29.0 Å². The lowest BCUT2D eigenvalue weighted by molar-refractivity contribution is 0.231. The fourth-order valence-electron chi connectivity index (χ4n) is 3.13. The van der Waals surface area contributed by atoms with E-state index in [-0.39, 0.29) is 18.1 Å². The highest BCUT2D eigenvalue weighted by atomic mass is 32.1. The number of carbonyl (C=O) groups is 1. The molecule has 0 aliphatic carbocycles. The van der Waals surface area contributed by atoms with Gasteiger partial charge in [0.25, 0.3) is 0 Å². The molecule has 1 unspecified atom stereocenters. The Balaban J connectivity index is 1.46. The number of amides is 2. The smallest absolute Gasteiger partial charge is 0.315 e. The van der Waals surface area contributed by atoms with Gasteiger partial charge < -0.3 is 15.5 Å². The molecule has 2 aromatic heterocycles. The third-order valence-corrected chi connectivity index (χ3v) is 5.22. The molecule has 130 valence electrons. The van der Waals surface area contributed by atoms with E-state index in [1.165, 1.54) is 0 Å². The highest BCUT2D eigenvalue weighted by Crippen LogP contribution is 2.22. The molecule has 1 aliphatic heterocycles. The first kappa shape index (κ1) is 16.8. The van der Waals surface area contributed by atoms with E-state index in [1.807, 2.05) is 38.7 Å². The van der Waals surface area contributed by atoms with Gasteiger partial charge >= 0.3 is 6.03 Å². The van der Waals surface area contributed by atoms with Gasteiger partial charge in [-0.05, 0) is 26.7 Å². The zero-order valence-electron chi connectivity index (χ0n) is 14.3. The number of carbonyl (C=O) groups excluding carboxylic acids is 1. The molecule has 0 radical (unpaired) electrons. The highest BCUT2D eigenvalue weighted by molar-refractivity contribution is 7.13. The van der Waals surface area contributed by atoms with Crippen molar-refractivity contribution in [2.45, 2.75) is 38.8 Å². The van der Waals surface area contributed by atoms with Crippen molar-refractivity contribution in [2.75, 3.05) is 18.0 Å². The summed E-state index contributed by atoms with van der Waals surface area (Å²) in [6.45, 7) is 5.79. The monoisotopic (exact) mass is 348 g/mol. The van der Waals surface area contributed by atoms with Crippen LogP contribution in [-0.2, 0) is 7.05 Å². The lowest BCUT2D eigenvalue weighted by Crippen LogP contribution is -2.48. The fourth-order valence-corrected chi connectivity index (χ4v) is 3.83. The summed E-state index contributed by atoms with van der Waals surface area (Å²) in [4.78, 5) is 18.9. The molecule has 1 saturated heterocycles. The third-order valence-electron chi connectivity index (χ3n) is 4.39. The predicted octanol–water partition coefficient (Wildman–Crippen LogP) is 2.21. The summed E-state index contributed by atoms with van der Waals surface area (Å²) in [5, 5.41) is 13.5. The van der Waals surface area contributed by atoms with Crippen LogP contribution in [0.4, 0.5) is 9.93 Å². The van der Waals surface area contributed by atoms with Crippen LogP contribution in [0.2, 0.25) is 0 Å². The van der Waals surface area contributed by atoms with Gasteiger partial charge in [0, 0.05) is 49.5 Å². The zero-order chi connectivity index (χ0) is 17.1. The highest BCUT2D eigenvalue weighted by Gasteiger charge is 2.23. The molecule has 3 heterocycles. The van der Waals surface area contributed by atoms with E-state index in [0.29, 0.717) is 0 Å². The topological polar surface area (TPSA) is 75.1 Å². The normalized spacial score (nSPS) is 16.9. The van der Waals surface area contributed by atoms with E-state index in [0.717, 1.165) is 42.3 Å². The molecule has 3 rings (SSSR count). The maximum atomic E-state index is 12.2. The summed E-state index contributed by atoms with van der Waals surface area (Å²) >= 11 is 1.66. The van der Waals surface area contributed by atoms with Gasteiger partial charge in [0.1, 0.15) is 0 Å². The molecule has 1 atom stereocenters. The van der Waals surface area contributed by atoms with Crippen molar-refractivity contribution in [3.8, 4) is 0 Å². The van der Waals surface area contributed by atoms with E-state index in [2.05, 4.69) is 25.6 Å². The van der Waals surface area contributed by atoms with Crippen molar-refractivity contribution in [1.82, 2.24) is 25.4 Å². The van der Waals surface area contributed by atoms with Gasteiger partial charge in [-0.1, -0.05) is 0 Å². The zero-order valence-corrected chi connectivity index (χ0v) is 15.1. The quantitative estimate of drug-likeness (QED) is 0.888. The summed E-state index contributed by atoms with van der Waals surface area (Å²) in [5.41, 5.74) is 1.99. The van der Waals surface area contributed by atoms with E-state index in [9.17, 15) is 4.79 Å². The Labute approximate surface area is 146 Å². The summed E-state index contributed by atoms with van der Waals surface area (Å²) < 4.78 is 1.77. The average Bonchev–Trinajstić information content (AvgIpc) is 3.17. The van der Waals surface area contributed by atoms with Gasteiger partial charge in [0.2, 0.25) is 0 Å². The number of rotatable bonds is 4. The van der Waals surface area contributed by atoms with Crippen LogP contribution >= 0.6 is 11.3 Å². The number of nitrogens with zero attached hydrogens (tertiary/aromatic N) is 4. The first-order valence-corrected chi connectivity index (χ1v) is 9.12. The molecular weight excluding hydrogens is 324 g/mol. The van der Waals surface area contributed by atoms with E-state index >= 15 is 0 Å². The van der Waals surface area contributed by atoms with Gasteiger partial charge in [0.15, 0.2) is 5.13 Å². The minimum atomic E-state index is -0.113. The fraction of sp³-hybridized carbons (Fsp3) is 0.562. The van der Waals surface area contributed by atoms with Crippen LogP contribution in [0.1, 0.15) is 37.1 Å². The summed E-state index contributed by atoms with van der Waals surface area (Å²) in [6.07, 6.45) is 5.66. The number of aromatic nitrogens is 3. The Morgan fingerprint density at radius 1 is 1.42 bits per heavy atom. The molecule has 0 aromatic carbocycles. The molecular formula is C16H24N6OS. The van der Waals surface area contributed by atoms with Crippen LogP contribution < -0.4 is 15.5 Å². The number of piperidine rings is 1. The van der Waals surface area contributed by atoms with E-state index in [4.69, 9.17) is 0 Å². The Bertz CT molecular complexity index is 675. The average molecular weight is 348 g/mol. The molecule has 2 amide bonds. The van der Waals surface area contributed by atoms with Crippen LogP contribution in [0, 0.1) is 6.92 Å². The number of anilines is 1. The minimum absolute atomic E-state index is 0.0610. The number of hydrogen-bond acceptors (Lipinski definition) is 5. The SMILES string of the molecule is Cc1nn(C)cc1C(C)NC(=O)NC1CCN(c2nccs2)CC1. The Morgan fingerprint density at radius 2 is 2.17 bits per heavy atom. The molecule has 2 N–H and O–H groups in total. The summed E-state index contributed by atoms with van der Waals surface area (Å²) in [6, 6.07) is 0.0379. The number of hydrogen-bond donors (Lipinski definition) is 2. The maximum Gasteiger partial charge on any atom is 0.315 e. The number of urea groups is 1. The van der Waals surface area contributed by atoms with Gasteiger partial charge in [0.05, 0.1) is 11.7 Å². The van der Waals surface area contributed by atoms with Crippen LogP contribution in [0.3, 0.4) is 0 Å². The van der Waals surface area contributed by atoms with Crippen molar-refractivity contribution < 1.29 is 4.79 Å². The Morgan fingerprint density at radius 3 is 2.75 bits per heavy atom. The van der Waals surface area contributed by atoms with E-state index in [1.54, 1.807) is 16.0 Å². The predicted molar refractivity (Wildman–Crippen MR) is 95.4 cm³/mol. The number of nitrogens with one attached hydrogen (secondary N) is 2. The van der Waals surface area contributed by atoms with Gasteiger partial charge in [-0.3, -0.25) is 4.68 Å². The maximum absolute atomic E-state index is 12.2. The molecule has 0 saturated carbocycles. The molecule has 8 heteroatoms. The Hall–Kier alpha value is -2.09. The first-order valence-electron chi connectivity index (χ1n) is 8.24. The first-order chi connectivity index (χ1) is 11.5. The molecule has 24 heavy (non-hydrogen) atoms. The van der Waals surface area contributed by atoms with Gasteiger partial charge in [-0.15, -0.1) is 11.3 Å². The standard InChI is InChI=1S/C16H24N6OS/c1-11(14-10-21(3)20-12(14)2)18-15(23)19-13-4-7-22(8-5-13)16-17-6-9-24-16/h6,9-11,13H,4-5,7-8H2,1-3H3,(H2,18,19,23). The molecule has 2 aromatic rings. The van der Waals surface area contributed by atoms with Crippen molar-refractivity contribution >= 4 is 22.5 Å². The second-order valence-corrected chi connectivity index (χ2v) is 7.13.